The molecular formula is C16H12ClNO2. The fourth-order valence-corrected chi connectivity index (χ4v) is 2.61. The van der Waals surface area contributed by atoms with Crippen LogP contribution < -0.4 is 0 Å². The first-order chi connectivity index (χ1) is 9.58. The lowest BCUT2D eigenvalue weighted by Crippen LogP contribution is -2.04. The Morgan fingerprint density at radius 2 is 1.85 bits per heavy atom. The van der Waals surface area contributed by atoms with Crippen LogP contribution >= 0.6 is 11.6 Å². The number of aryl methyl sites for hydroxylation is 1. The number of rotatable bonds is 2. The van der Waals surface area contributed by atoms with Crippen LogP contribution in [0.3, 0.4) is 0 Å². The average Bonchev–Trinajstić information content (AvgIpc) is 2.77. The minimum Gasteiger partial charge on any atom is -0.477 e. The maximum atomic E-state index is 11.2. The van der Waals surface area contributed by atoms with Crippen molar-refractivity contribution in [3.63, 3.8) is 0 Å². The van der Waals surface area contributed by atoms with Crippen molar-refractivity contribution in [1.82, 2.24) is 4.57 Å². The molecule has 0 unspecified atom stereocenters. The van der Waals surface area contributed by atoms with Crippen molar-refractivity contribution >= 4 is 28.5 Å². The summed E-state index contributed by atoms with van der Waals surface area (Å²) in [6, 6.07) is 15.1. The van der Waals surface area contributed by atoms with Crippen LogP contribution in [-0.4, -0.2) is 15.6 Å². The fraction of sp³-hybridized carbons (Fsp3) is 0.0625. The Labute approximate surface area is 121 Å². The molecule has 1 heterocycles. The third kappa shape index (κ3) is 1.96. The topological polar surface area (TPSA) is 42.2 Å². The van der Waals surface area contributed by atoms with E-state index in [0.717, 1.165) is 22.0 Å². The second-order valence-electron chi connectivity index (χ2n) is 4.64. The van der Waals surface area contributed by atoms with E-state index in [2.05, 4.69) is 0 Å². The zero-order chi connectivity index (χ0) is 14.3. The maximum absolute atomic E-state index is 11.2. The molecule has 1 aromatic heterocycles. The molecule has 20 heavy (non-hydrogen) atoms. The first-order valence-corrected chi connectivity index (χ1v) is 6.53. The van der Waals surface area contributed by atoms with Gasteiger partial charge in [-0.15, -0.1) is 0 Å². The van der Waals surface area contributed by atoms with Gasteiger partial charge in [0.2, 0.25) is 0 Å². The van der Waals surface area contributed by atoms with E-state index in [1.807, 2.05) is 42.5 Å². The second kappa shape index (κ2) is 4.69. The van der Waals surface area contributed by atoms with E-state index in [1.54, 1.807) is 17.7 Å². The lowest BCUT2D eigenvalue weighted by Gasteiger charge is -2.07. The van der Waals surface area contributed by atoms with Crippen LogP contribution in [0.1, 0.15) is 10.5 Å². The third-order valence-corrected chi connectivity index (χ3v) is 3.68. The third-order valence-electron chi connectivity index (χ3n) is 3.43. The smallest absolute Gasteiger partial charge is 0.352 e. The summed E-state index contributed by atoms with van der Waals surface area (Å²) in [5, 5.41) is 10.8. The molecule has 2 aromatic carbocycles. The van der Waals surface area contributed by atoms with Crippen molar-refractivity contribution in [2.45, 2.75) is 0 Å². The number of aromatic nitrogens is 1. The van der Waals surface area contributed by atoms with E-state index in [4.69, 9.17) is 11.6 Å². The van der Waals surface area contributed by atoms with Crippen LogP contribution in [0, 0.1) is 0 Å². The van der Waals surface area contributed by atoms with Crippen molar-refractivity contribution in [2.75, 3.05) is 0 Å². The summed E-state index contributed by atoms with van der Waals surface area (Å²) in [5.41, 5.74) is 3.20. The minimum atomic E-state index is -0.925. The highest BCUT2D eigenvalue weighted by Crippen LogP contribution is 2.31. The van der Waals surface area contributed by atoms with E-state index < -0.39 is 5.97 Å². The van der Waals surface area contributed by atoms with E-state index in [-0.39, 0.29) is 5.69 Å². The molecule has 100 valence electrons. The highest BCUT2D eigenvalue weighted by molar-refractivity contribution is 6.30. The van der Waals surface area contributed by atoms with Gasteiger partial charge in [0, 0.05) is 23.0 Å². The highest BCUT2D eigenvalue weighted by Gasteiger charge is 2.14. The van der Waals surface area contributed by atoms with Crippen LogP contribution in [0.25, 0.3) is 22.0 Å². The van der Waals surface area contributed by atoms with Gasteiger partial charge < -0.3 is 9.67 Å². The van der Waals surface area contributed by atoms with E-state index >= 15 is 0 Å². The highest BCUT2D eigenvalue weighted by atomic mass is 35.5. The Balaban J connectivity index is 2.31. The molecule has 0 radical (unpaired) electrons. The Kier molecular flexibility index (Phi) is 2.99. The molecule has 3 rings (SSSR count). The SMILES string of the molecule is Cn1c(C(=O)O)cc2cccc(-c3ccc(Cl)cc3)c21. The van der Waals surface area contributed by atoms with Crippen molar-refractivity contribution in [2.24, 2.45) is 7.05 Å². The molecule has 0 saturated heterocycles. The summed E-state index contributed by atoms with van der Waals surface area (Å²) in [6.45, 7) is 0. The van der Waals surface area contributed by atoms with Gasteiger partial charge in [0.25, 0.3) is 0 Å². The Bertz CT molecular complexity index is 803. The van der Waals surface area contributed by atoms with Gasteiger partial charge in [-0.05, 0) is 23.8 Å². The molecule has 0 aliphatic heterocycles. The van der Waals surface area contributed by atoms with Gasteiger partial charge in [-0.1, -0.05) is 41.9 Å². The number of fused-ring (bicyclic) bond motifs is 1. The summed E-state index contributed by atoms with van der Waals surface area (Å²) in [7, 11) is 1.77. The quantitative estimate of drug-likeness (QED) is 0.767. The van der Waals surface area contributed by atoms with Crippen molar-refractivity contribution < 1.29 is 9.90 Å². The first-order valence-electron chi connectivity index (χ1n) is 6.15. The Morgan fingerprint density at radius 1 is 1.15 bits per heavy atom. The normalized spacial score (nSPS) is 10.9. The van der Waals surface area contributed by atoms with Gasteiger partial charge in [0.1, 0.15) is 5.69 Å². The summed E-state index contributed by atoms with van der Waals surface area (Å²) >= 11 is 5.91. The first kappa shape index (κ1) is 12.8. The fourth-order valence-electron chi connectivity index (χ4n) is 2.48. The zero-order valence-electron chi connectivity index (χ0n) is 10.8. The van der Waals surface area contributed by atoms with Crippen molar-refractivity contribution in [3.05, 3.63) is 59.2 Å². The monoisotopic (exact) mass is 285 g/mol. The van der Waals surface area contributed by atoms with Gasteiger partial charge >= 0.3 is 5.97 Å². The van der Waals surface area contributed by atoms with Crippen LogP contribution in [0.15, 0.2) is 48.5 Å². The molecule has 3 nitrogen and oxygen atoms in total. The number of benzene rings is 2. The number of nitrogens with zero attached hydrogens (tertiary/aromatic N) is 1. The molecule has 0 bridgehead atoms. The molecule has 0 amide bonds. The molecule has 3 aromatic rings. The number of carbonyl (C=O) groups is 1. The predicted octanol–water partition coefficient (Wildman–Crippen LogP) is 4.20. The number of halogens is 1. The van der Waals surface area contributed by atoms with Gasteiger partial charge in [-0.3, -0.25) is 0 Å². The van der Waals surface area contributed by atoms with Crippen LogP contribution in [0.5, 0.6) is 0 Å². The molecule has 1 N–H and O–H groups in total. The predicted molar refractivity (Wildman–Crippen MR) is 80.3 cm³/mol. The Hall–Kier alpha value is -2.26. The molecule has 0 saturated carbocycles. The summed E-state index contributed by atoms with van der Waals surface area (Å²) in [6.07, 6.45) is 0. The lowest BCUT2D eigenvalue weighted by molar-refractivity contribution is 0.0687. The van der Waals surface area contributed by atoms with Gasteiger partial charge in [0.15, 0.2) is 0 Å². The summed E-state index contributed by atoms with van der Waals surface area (Å²) < 4.78 is 1.71. The summed E-state index contributed by atoms with van der Waals surface area (Å²) in [5.74, 6) is -0.925. The zero-order valence-corrected chi connectivity index (χ0v) is 11.6. The summed E-state index contributed by atoms with van der Waals surface area (Å²) in [4.78, 5) is 11.2. The largest absolute Gasteiger partial charge is 0.477 e. The van der Waals surface area contributed by atoms with Gasteiger partial charge in [-0.2, -0.15) is 0 Å². The number of carboxylic acid groups (broad SMARTS) is 1. The second-order valence-corrected chi connectivity index (χ2v) is 5.08. The molecular weight excluding hydrogens is 274 g/mol. The van der Waals surface area contributed by atoms with Crippen LogP contribution in [-0.2, 0) is 7.05 Å². The van der Waals surface area contributed by atoms with Crippen molar-refractivity contribution in [1.29, 1.82) is 0 Å². The molecule has 4 heteroatoms. The number of carboxylic acids is 1. The molecule has 0 spiro atoms. The van der Waals surface area contributed by atoms with E-state index in [0.29, 0.717) is 5.02 Å². The lowest BCUT2D eigenvalue weighted by atomic mass is 10.0. The van der Waals surface area contributed by atoms with Gasteiger partial charge in [-0.25, -0.2) is 4.79 Å². The molecule has 0 aliphatic rings. The minimum absolute atomic E-state index is 0.279. The van der Waals surface area contributed by atoms with Crippen LogP contribution in [0.2, 0.25) is 5.02 Å². The molecule has 0 aliphatic carbocycles. The number of hydrogen-bond donors (Lipinski definition) is 1. The Morgan fingerprint density at radius 3 is 2.50 bits per heavy atom. The number of aromatic carboxylic acids is 1. The molecule has 0 atom stereocenters. The molecule has 0 fully saturated rings. The van der Waals surface area contributed by atoms with Crippen molar-refractivity contribution in [3.8, 4) is 11.1 Å². The van der Waals surface area contributed by atoms with E-state index in [9.17, 15) is 9.90 Å². The van der Waals surface area contributed by atoms with E-state index in [1.165, 1.54) is 0 Å². The number of hydrogen-bond acceptors (Lipinski definition) is 1. The van der Waals surface area contributed by atoms with Crippen LogP contribution in [0.4, 0.5) is 0 Å². The number of para-hydroxylation sites is 1. The average molecular weight is 286 g/mol. The maximum Gasteiger partial charge on any atom is 0.352 e. The van der Waals surface area contributed by atoms with Gasteiger partial charge in [0.05, 0.1) is 5.52 Å². The standard InChI is InChI=1S/C16H12ClNO2/c1-18-14(16(19)20)9-11-3-2-4-13(15(11)18)10-5-7-12(17)8-6-10/h2-9H,1H3,(H,19,20).